The van der Waals surface area contributed by atoms with Crippen LogP contribution in [-0.4, -0.2) is 35.7 Å². The van der Waals surface area contributed by atoms with Crippen LogP contribution in [0.3, 0.4) is 0 Å². The van der Waals surface area contributed by atoms with Crippen molar-refractivity contribution < 1.29 is 9.90 Å². The molecule has 1 aromatic carbocycles. The van der Waals surface area contributed by atoms with Crippen LogP contribution in [0.2, 0.25) is 0 Å². The molecule has 0 aliphatic carbocycles. The summed E-state index contributed by atoms with van der Waals surface area (Å²) in [6.45, 7) is 4.69. The molecule has 0 spiro atoms. The van der Waals surface area contributed by atoms with Crippen molar-refractivity contribution in [3.05, 3.63) is 29.8 Å². The second-order valence-electron chi connectivity index (χ2n) is 5.19. The molecule has 0 fully saturated rings. The fourth-order valence-corrected chi connectivity index (χ4v) is 2.54. The average Bonchev–Trinajstić information content (AvgIpc) is 2.43. The van der Waals surface area contributed by atoms with Crippen molar-refractivity contribution in [2.24, 2.45) is 0 Å². The molecule has 4 nitrogen and oxygen atoms in total. The monoisotopic (exact) mass is 296 g/mol. The summed E-state index contributed by atoms with van der Waals surface area (Å²) in [6, 6.07) is 7.42. The number of benzene rings is 1. The fourth-order valence-electron chi connectivity index (χ4n) is 1.76. The van der Waals surface area contributed by atoms with E-state index in [1.165, 1.54) is 0 Å². The summed E-state index contributed by atoms with van der Waals surface area (Å²) < 4.78 is 0. The number of amides is 1. The molecule has 0 bridgehead atoms. The first kappa shape index (κ1) is 16.9. The molecule has 4 N–H and O–H groups in total. The molecular weight excluding hydrogens is 272 g/mol. The highest BCUT2D eigenvalue weighted by Gasteiger charge is 2.29. The number of nitrogens with one attached hydrogen (secondary N) is 1. The fraction of sp³-hybridized carbons (Fsp3) is 0.533. The predicted octanol–water partition coefficient (Wildman–Crippen LogP) is 1.78. The molecule has 0 aliphatic rings. The Morgan fingerprint density at radius 1 is 1.30 bits per heavy atom. The van der Waals surface area contributed by atoms with Crippen LogP contribution in [0.1, 0.15) is 25.8 Å². The molecule has 20 heavy (non-hydrogen) atoms. The molecule has 0 saturated heterocycles. The van der Waals surface area contributed by atoms with Crippen LogP contribution in [0.4, 0.5) is 5.69 Å². The van der Waals surface area contributed by atoms with Crippen molar-refractivity contribution in [3.63, 3.8) is 0 Å². The van der Waals surface area contributed by atoms with Gasteiger partial charge in [-0.3, -0.25) is 4.79 Å². The largest absolute Gasteiger partial charge is 0.399 e. The van der Waals surface area contributed by atoms with Crippen molar-refractivity contribution in [3.8, 4) is 0 Å². The predicted molar refractivity (Wildman–Crippen MR) is 85.9 cm³/mol. The Bertz CT molecular complexity index is 418. The molecule has 0 aliphatic heterocycles. The highest BCUT2D eigenvalue weighted by atomic mass is 32.2. The normalized spacial score (nSPS) is 11.3. The molecule has 1 rings (SSSR count). The van der Waals surface area contributed by atoms with Crippen molar-refractivity contribution >= 4 is 23.4 Å². The maximum absolute atomic E-state index is 12.2. The molecule has 0 saturated carbocycles. The van der Waals surface area contributed by atoms with E-state index in [1.807, 2.05) is 38.1 Å². The molecule has 0 heterocycles. The van der Waals surface area contributed by atoms with E-state index in [0.717, 1.165) is 23.5 Å². The first-order chi connectivity index (χ1) is 9.48. The Labute approximate surface area is 125 Å². The van der Waals surface area contributed by atoms with Crippen molar-refractivity contribution in [2.75, 3.05) is 30.4 Å². The number of carbonyl (C=O) groups excluding carboxylic acids is 1. The Kier molecular flexibility index (Phi) is 6.88. The highest BCUT2D eigenvalue weighted by Crippen LogP contribution is 2.24. The maximum atomic E-state index is 12.2. The highest BCUT2D eigenvalue weighted by molar-refractivity contribution is 7.99. The van der Waals surface area contributed by atoms with E-state index >= 15 is 0 Å². The van der Waals surface area contributed by atoms with Crippen LogP contribution in [0.25, 0.3) is 0 Å². The molecule has 1 aromatic rings. The van der Waals surface area contributed by atoms with Gasteiger partial charge in [0.2, 0.25) is 5.91 Å². The van der Waals surface area contributed by atoms with Gasteiger partial charge in [0.05, 0.1) is 5.41 Å². The second-order valence-corrected chi connectivity index (χ2v) is 6.42. The second kappa shape index (κ2) is 8.17. The van der Waals surface area contributed by atoms with Gasteiger partial charge in [-0.15, -0.1) is 0 Å². The van der Waals surface area contributed by atoms with Gasteiger partial charge in [-0.25, -0.2) is 0 Å². The third-order valence-electron chi connectivity index (χ3n) is 3.18. The number of rotatable bonds is 8. The first-order valence-corrected chi connectivity index (χ1v) is 7.97. The Hall–Kier alpha value is -1.20. The van der Waals surface area contributed by atoms with E-state index in [4.69, 9.17) is 10.8 Å². The number of nitrogens with two attached hydrogens (primary N) is 1. The van der Waals surface area contributed by atoms with Gasteiger partial charge in [0, 0.05) is 24.6 Å². The molecule has 0 aromatic heterocycles. The van der Waals surface area contributed by atoms with Gasteiger partial charge in [0.25, 0.3) is 0 Å². The Morgan fingerprint density at radius 2 is 1.95 bits per heavy atom. The van der Waals surface area contributed by atoms with E-state index in [2.05, 4.69) is 5.32 Å². The lowest BCUT2D eigenvalue weighted by Crippen LogP contribution is -2.41. The zero-order valence-corrected chi connectivity index (χ0v) is 13.0. The summed E-state index contributed by atoms with van der Waals surface area (Å²) in [7, 11) is 0. The minimum atomic E-state index is -0.566. The van der Waals surface area contributed by atoms with E-state index in [1.54, 1.807) is 11.8 Å². The van der Waals surface area contributed by atoms with Gasteiger partial charge in [-0.1, -0.05) is 12.1 Å². The molecule has 5 heteroatoms. The maximum Gasteiger partial charge on any atom is 0.230 e. The number of aliphatic hydroxyl groups is 1. The number of hydrogen-bond acceptors (Lipinski definition) is 4. The quantitative estimate of drug-likeness (QED) is 0.505. The van der Waals surface area contributed by atoms with Gasteiger partial charge >= 0.3 is 0 Å². The van der Waals surface area contributed by atoms with Crippen molar-refractivity contribution in [2.45, 2.75) is 25.7 Å². The zero-order chi connectivity index (χ0) is 15.0. The number of thioether (sulfide) groups is 1. The summed E-state index contributed by atoms with van der Waals surface area (Å²) in [5, 5.41) is 11.6. The average molecular weight is 296 g/mol. The molecular formula is C15H24N2O2S. The summed E-state index contributed by atoms with van der Waals surface area (Å²) in [6.07, 6.45) is 0.801. The minimum Gasteiger partial charge on any atom is -0.399 e. The lowest BCUT2D eigenvalue weighted by atomic mass is 9.83. The van der Waals surface area contributed by atoms with Crippen molar-refractivity contribution in [1.82, 2.24) is 5.32 Å². The number of carbonyl (C=O) groups is 1. The van der Waals surface area contributed by atoms with Crippen LogP contribution >= 0.6 is 11.8 Å². The number of aliphatic hydroxyl groups excluding tert-OH is 1. The topological polar surface area (TPSA) is 75.3 Å². The molecule has 0 unspecified atom stereocenters. The van der Waals surface area contributed by atoms with E-state index in [0.29, 0.717) is 12.2 Å². The lowest BCUT2D eigenvalue weighted by Gasteiger charge is -2.24. The minimum absolute atomic E-state index is 0.0185. The van der Waals surface area contributed by atoms with Gasteiger partial charge < -0.3 is 16.2 Å². The standard InChI is InChI=1S/C15H24N2O2S/c1-15(2,12-4-6-13(16)7-5-12)14(19)17-8-11-20-10-3-9-18/h4-7,18H,3,8-11,16H2,1-2H3,(H,17,19). The van der Waals surface area contributed by atoms with Crippen LogP contribution < -0.4 is 11.1 Å². The van der Waals surface area contributed by atoms with Crippen LogP contribution in [0.5, 0.6) is 0 Å². The van der Waals surface area contributed by atoms with Crippen molar-refractivity contribution in [1.29, 1.82) is 0 Å². The van der Waals surface area contributed by atoms with E-state index in [9.17, 15) is 4.79 Å². The van der Waals surface area contributed by atoms with Crippen LogP contribution in [0.15, 0.2) is 24.3 Å². The van der Waals surface area contributed by atoms with Gasteiger partial charge in [0.15, 0.2) is 0 Å². The lowest BCUT2D eigenvalue weighted by molar-refractivity contribution is -0.125. The van der Waals surface area contributed by atoms with Gasteiger partial charge in [-0.05, 0) is 43.7 Å². The van der Waals surface area contributed by atoms with Gasteiger partial charge in [0.1, 0.15) is 0 Å². The zero-order valence-electron chi connectivity index (χ0n) is 12.2. The SMILES string of the molecule is CC(C)(C(=O)NCCSCCCO)c1ccc(N)cc1. The smallest absolute Gasteiger partial charge is 0.230 e. The molecule has 0 atom stereocenters. The molecule has 1 amide bonds. The van der Waals surface area contributed by atoms with Gasteiger partial charge in [-0.2, -0.15) is 11.8 Å². The summed E-state index contributed by atoms with van der Waals surface area (Å²) in [5.74, 6) is 1.81. The summed E-state index contributed by atoms with van der Waals surface area (Å²) >= 11 is 1.74. The summed E-state index contributed by atoms with van der Waals surface area (Å²) in [4.78, 5) is 12.2. The van der Waals surface area contributed by atoms with E-state index in [-0.39, 0.29) is 12.5 Å². The number of anilines is 1. The molecule has 0 radical (unpaired) electrons. The van der Waals surface area contributed by atoms with Crippen LogP contribution in [0, 0.1) is 0 Å². The Morgan fingerprint density at radius 3 is 2.55 bits per heavy atom. The first-order valence-electron chi connectivity index (χ1n) is 6.81. The third kappa shape index (κ3) is 5.06. The van der Waals surface area contributed by atoms with E-state index < -0.39 is 5.41 Å². The number of hydrogen-bond donors (Lipinski definition) is 3. The molecule has 112 valence electrons. The van der Waals surface area contributed by atoms with Crippen LogP contribution in [-0.2, 0) is 10.2 Å². The summed E-state index contributed by atoms with van der Waals surface area (Å²) in [5.41, 5.74) is 6.75. The third-order valence-corrected chi connectivity index (χ3v) is 4.25. The number of nitrogen functional groups attached to an aromatic ring is 1. The Balaban J connectivity index is 2.43.